The van der Waals surface area contributed by atoms with Crippen LogP contribution in [0.5, 0.6) is 0 Å². The maximum atomic E-state index is 6.23. The molecule has 1 aromatic heterocycles. The molecular weight excluding hydrogens is 360 g/mol. The Bertz CT molecular complexity index is 598. The van der Waals surface area contributed by atoms with Gasteiger partial charge in [-0.2, -0.15) is 0 Å². The van der Waals surface area contributed by atoms with Crippen molar-refractivity contribution >= 4 is 39.3 Å². The van der Waals surface area contributed by atoms with E-state index >= 15 is 0 Å². The lowest BCUT2D eigenvalue weighted by Crippen LogP contribution is -2.08. The van der Waals surface area contributed by atoms with E-state index in [4.69, 9.17) is 11.6 Å². The van der Waals surface area contributed by atoms with E-state index in [0.717, 1.165) is 26.0 Å². The van der Waals surface area contributed by atoms with Gasteiger partial charge in [-0.25, -0.2) is 4.68 Å². The number of nitrogens with zero attached hydrogens (tertiary/aromatic N) is 4. The lowest BCUT2D eigenvalue weighted by Gasteiger charge is -2.11. The summed E-state index contributed by atoms with van der Waals surface area (Å²) in [4.78, 5) is 0. The van der Waals surface area contributed by atoms with Crippen molar-refractivity contribution in [3.8, 4) is 0 Å². The predicted octanol–water partition coefficient (Wildman–Crippen LogP) is 4.50. The molecule has 3 rings (SSSR count). The van der Waals surface area contributed by atoms with Gasteiger partial charge in [0.25, 0.3) is 0 Å². The van der Waals surface area contributed by atoms with Gasteiger partial charge in [0.05, 0.1) is 6.04 Å². The summed E-state index contributed by atoms with van der Waals surface area (Å²) in [6, 6.07) is 6.41. The van der Waals surface area contributed by atoms with Gasteiger partial charge in [0.15, 0.2) is 0 Å². The molecule has 4 nitrogen and oxygen atoms in total. The Balaban J connectivity index is 1.70. The van der Waals surface area contributed by atoms with Crippen molar-refractivity contribution in [2.75, 3.05) is 0 Å². The molecule has 1 aliphatic rings. The molecule has 0 N–H and O–H groups in total. The predicted molar refractivity (Wildman–Crippen MR) is 84.0 cm³/mol. The van der Waals surface area contributed by atoms with E-state index in [1.807, 2.05) is 22.9 Å². The lowest BCUT2D eigenvalue weighted by molar-refractivity contribution is 0.423. The fourth-order valence-corrected chi connectivity index (χ4v) is 4.21. The maximum absolute atomic E-state index is 6.23. The van der Waals surface area contributed by atoms with E-state index in [9.17, 15) is 0 Å². The molecule has 0 amide bonds. The summed E-state index contributed by atoms with van der Waals surface area (Å²) in [7, 11) is 0. The number of tetrazole rings is 1. The number of hydrogen-bond acceptors (Lipinski definition) is 4. The Labute approximate surface area is 135 Å². The van der Waals surface area contributed by atoms with Gasteiger partial charge in [-0.1, -0.05) is 58.2 Å². The van der Waals surface area contributed by atoms with Crippen molar-refractivity contribution in [1.29, 1.82) is 0 Å². The third kappa shape index (κ3) is 3.18. The fourth-order valence-electron chi connectivity index (χ4n) is 2.44. The van der Waals surface area contributed by atoms with E-state index in [1.165, 1.54) is 25.7 Å². The van der Waals surface area contributed by atoms with Crippen LogP contribution in [0.15, 0.2) is 27.8 Å². The molecule has 0 spiro atoms. The van der Waals surface area contributed by atoms with Crippen LogP contribution in [-0.4, -0.2) is 20.2 Å². The minimum atomic E-state index is 0.466. The minimum Gasteiger partial charge on any atom is -0.217 e. The molecule has 0 unspecified atom stereocenters. The normalized spacial score (nSPS) is 15.9. The number of thioether (sulfide) groups is 1. The molecule has 0 atom stereocenters. The Morgan fingerprint density at radius 1 is 1.35 bits per heavy atom. The molecule has 0 saturated heterocycles. The first-order chi connectivity index (χ1) is 9.74. The Morgan fingerprint density at radius 3 is 2.90 bits per heavy atom. The quantitative estimate of drug-likeness (QED) is 0.740. The molecule has 0 aliphatic heterocycles. The lowest BCUT2D eigenvalue weighted by atomic mass is 10.2. The number of benzene rings is 1. The Hall–Kier alpha value is -0.590. The van der Waals surface area contributed by atoms with E-state index in [1.54, 1.807) is 11.8 Å². The third-order valence-corrected chi connectivity index (χ3v) is 5.33. The number of hydrogen-bond donors (Lipinski definition) is 0. The highest BCUT2D eigenvalue weighted by Gasteiger charge is 2.21. The highest BCUT2D eigenvalue weighted by molar-refractivity contribution is 9.10. The molecular formula is C13H14BrClN4S. The van der Waals surface area contributed by atoms with Crippen molar-refractivity contribution in [3.05, 3.63) is 33.3 Å². The van der Waals surface area contributed by atoms with Crippen LogP contribution in [0.4, 0.5) is 0 Å². The van der Waals surface area contributed by atoms with Gasteiger partial charge in [-0.3, -0.25) is 0 Å². The van der Waals surface area contributed by atoms with Crippen LogP contribution in [-0.2, 0) is 5.75 Å². The largest absolute Gasteiger partial charge is 0.217 e. The molecule has 20 heavy (non-hydrogen) atoms. The zero-order valence-electron chi connectivity index (χ0n) is 10.8. The number of aromatic nitrogens is 4. The van der Waals surface area contributed by atoms with Gasteiger partial charge < -0.3 is 0 Å². The van der Waals surface area contributed by atoms with Crippen molar-refractivity contribution in [2.45, 2.75) is 42.6 Å². The van der Waals surface area contributed by atoms with Crippen molar-refractivity contribution in [2.24, 2.45) is 0 Å². The molecule has 0 radical (unpaired) electrons. The van der Waals surface area contributed by atoms with Crippen LogP contribution >= 0.6 is 39.3 Å². The molecule has 7 heteroatoms. The van der Waals surface area contributed by atoms with Gasteiger partial charge in [-0.15, -0.1) is 5.10 Å². The summed E-state index contributed by atoms with van der Waals surface area (Å²) in [5.41, 5.74) is 1.10. The van der Waals surface area contributed by atoms with E-state index in [0.29, 0.717) is 6.04 Å². The monoisotopic (exact) mass is 372 g/mol. The maximum Gasteiger partial charge on any atom is 0.209 e. The van der Waals surface area contributed by atoms with Gasteiger partial charge in [0.2, 0.25) is 5.16 Å². The summed E-state index contributed by atoms with van der Waals surface area (Å²) >= 11 is 11.3. The van der Waals surface area contributed by atoms with Crippen LogP contribution in [0.1, 0.15) is 37.3 Å². The second kappa shape index (κ2) is 6.45. The first kappa shape index (κ1) is 14.4. The second-order valence-corrected chi connectivity index (χ2v) is 7.13. The van der Waals surface area contributed by atoms with Crippen molar-refractivity contribution in [1.82, 2.24) is 20.2 Å². The molecule has 0 bridgehead atoms. The summed E-state index contributed by atoms with van der Waals surface area (Å²) in [6.07, 6.45) is 4.90. The third-order valence-electron chi connectivity index (χ3n) is 3.51. The standard InChI is InChI=1S/C13H14BrClN4S/c14-10-6-5-9(12(15)7-10)8-20-13-16-17-18-19(13)11-3-1-2-4-11/h5-7,11H,1-4,8H2. The molecule has 1 saturated carbocycles. The second-order valence-electron chi connectivity index (χ2n) is 4.87. The highest BCUT2D eigenvalue weighted by Crippen LogP contribution is 2.33. The molecule has 1 aliphatic carbocycles. The molecule has 1 heterocycles. The molecule has 1 aromatic carbocycles. The zero-order chi connectivity index (χ0) is 13.9. The van der Waals surface area contributed by atoms with Gasteiger partial charge >= 0.3 is 0 Å². The first-order valence-electron chi connectivity index (χ1n) is 6.58. The van der Waals surface area contributed by atoms with Crippen LogP contribution in [0.2, 0.25) is 5.02 Å². The van der Waals surface area contributed by atoms with Crippen LogP contribution in [0.25, 0.3) is 0 Å². The van der Waals surface area contributed by atoms with Crippen molar-refractivity contribution < 1.29 is 0 Å². The first-order valence-corrected chi connectivity index (χ1v) is 8.74. The minimum absolute atomic E-state index is 0.466. The Morgan fingerprint density at radius 2 is 2.15 bits per heavy atom. The van der Waals surface area contributed by atoms with Gasteiger partial charge in [0.1, 0.15) is 0 Å². The summed E-state index contributed by atoms with van der Waals surface area (Å²) in [5, 5.41) is 13.7. The number of rotatable bonds is 4. The molecule has 1 fully saturated rings. The molecule has 106 valence electrons. The van der Waals surface area contributed by atoms with E-state index < -0.39 is 0 Å². The summed E-state index contributed by atoms with van der Waals surface area (Å²) in [5.74, 6) is 0.777. The van der Waals surface area contributed by atoms with Crippen molar-refractivity contribution in [3.63, 3.8) is 0 Å². The topological polar surface area (TPSA) is 43.6 Å². The smallest absolute Gasteiger partial charge is 0.209 e. The van der Waals surface area contributed by atoms with E-state index in [-0.39, 0.29) is 0 Å². The Kier molecular flexibility index (Phi) is 4.63. The van der Waals surface area contributed by atoms with Crippen LogP contribution < -0.4 is 0 Å². The van der Waals surface area contributed by atoms with Crippen LogP contribution in [0, 0.1) is 0 Å². The van der Waals surface area contributed by atoms with Gasteiger partial charge in [0, 0.05) is 15.2 Å². The SMILES string of the molecule is Clc1cc(Br)ccc1CSc1nnnn1C1CCCC1. The summed E-state index contributed by atoms with van der Waals surface area (Å²) in [6.45, 7) is 0. The van der Waals surface area contributed by atoms with E-state index in [2.05, 4.69) is 31.5 Å². The average molecular weight is 374 g/mol. The summed E-state index contributed by atoms with van der Waals surface area (Å²) < 4.78 is 2.97. The fraction of sp³-hybridized carbons (Fsp3) is 0.462. The molecule has 2 aromatic rings. The highest BCUT2D eigenvalue weighted by atomic mass is 79.9. The zero-order valence-corrected chi connectivity index (χ0v) is 14.0. The average Bonchev–Trinajstić information content (AvgIpc) is 3.08. The van der Waals surface area contributed by atoms with Crippen LogP contribution in [0.3, 0.4) is 0 Å². The number of halogens is 2. The van der Waals surface area contributed by atoms with Gasteiger partial charge in [-0.05, 0) is 41.0 Å².